The van der Waals surface area contributed by atoms with E-state index in [4.69, 9.17) is 0 Å². The second-order valence-electron chi connectivity index (χ2n) is 1.82. The van der Waals surface area contributed by atoms with Crippen molar-refractivity contribution >= 4 is 32.4 Å². The Morgan fingerprint density at radius 3 is 2.73 bits per heavy atom. The van der Waals surface area contributed by atoms with Crippen molar-refractivity contribution in [2.24, 2.45) is 0 Å². The minimum absolute atomic E-state index is 0.0466. The van der Waals surface area contributed by atoms with Crippen LogP contribution >= 0.6 is 22.6 Å². The summed E-state index contributed by atoms with van der Waals surface area (Å²) in [6, 6.07) is 0. The van der Waals surface area contributed by atoms with Crippen LogP contribution in [0.25, 0.3) is 0 Å². The Morgan fingerprint density at radius 1 is 1.73 bits per heavy atom. The molecule has 1 rings (SSSR count). The summed E-state index contributed by atoms with van der Waals surface area (Å²) in [5, 5.41) is 0. The van der Waals surface area contributed by atoms with E-state index in [9.17, 15) is 9.59 Å². The van der Waals surface area contributed by atoms with Crippen LogP contribution < -0.4 is 42.4 Å². The van der Waals surface area contributed by atoms with Crippen molar-refractivity contribution in [3.63, 3.8) is 0 Å². The fraction of sp³-hybridized carbons (Fsp3) is 0.600. The van der Waals surface area contributed by atoms with Crippen LogP contribution in [-0.4, -0.2) is 26.1 Å². The average molecular weight is 493 g/mol. The number of rotatable bonds is 2. The Bertz CT molecular complexity index is 196. The molecule has 0 aromatic rings. The average Bonchev–Trinajstić information content (AvgIpc) is 2.19. The van der Waals surface area contributed by atoms with Crippen molar-refractivity contribution < 1.29 is 52.0 Å². The fourth-order valence-electron chi connectivity index (χ4n) is 0.581. The van der Waals surface area contributed by atoms with Gasteiger partial charge in [-0.25, -0.2) is 0 Å². The summed E-state index contributed by atoms with van der Waals surface area (Å²) in [7, 11) is 1.60. The molecule has 1 atom stereocenters. The van der Waals surface area contributed by atoms with E-state index in [1.165, 1.54) is 4.90 Å². The summed E-state index contributed by atoms with van der Waals surface area (Å²) in [5.74, 6) is 0.0901. The molecule has 2 amide bonds. The Hall–Kier alpha value is 1.33. The quantitative estimate of drug-likeness (QED) is 0.167. The number of carbonyl (C=O) groups is 2. The van der Waals surface area contributed by atoms with E-state index in [2.05, 4.69) is 22.6 Å². The zero-order valence-corrected chi connectivity index (χ0v) is 12.2. The van der Waals surface area contributed by atoms with E-state index in [1.54, 1.807) is 7.05 Å². The molecule has 0 saturated carbocycles. The van der Waals surface area contributed by atoms with E-state index in [1.807, 2.05) is 0 Å². The molecule has 1 fully saturated rings. The number of carbonyl (C=O) groups excluding carboxylic acids is 2. The van der Waals surface area contributed by atoms with Crippen LogP contribution in [0.5, 0.6) is 0 Å². The predicted molar refractivity (Wildman–Crippen MR) is 40.8 cm³/mol. The zero-order chi connectivity index (χ0) is 8.43. The fourth-order valence-corrected chi connectivity index (χ4v) is 13.7. The van der Waals surface area contributed by atoms with E-state index in [0.717, 1.165) is 2.43 Å². The van der Waals surface area contributed by atoms with Gasteiger partial charge in [-0.05, 0) is 0 Å². The number of alkyl halides is 4. The molecule has 0 radical (unpaired) electrons. The summed E-state index contributed by atoms with van der Waals surface area (Å²) in [6.07, 6.45) is 0. The van der Waals surface area contributed by atoms with Gasteiger partial charge in [0.2, 0.25) is 0 Å². The minimum atomic E-state index is -0.492. The molecule has 3 nitrogen and oxygen atoms in total. The molecule has 0 aromatic carbocycles. The van der Waals surface area contributed by atoms with Gasteiger partial charge in [0, 0.05) is 0 Å². The molecule has 66 valence electrons. The first-order valence-electron chi connectivity index (χ1n) is 2.75. The summed E-state index contributed by atoms with van der Waals surface area (Å²) < 4.78 is 1.36. The van der Waals surface area contributed by atoms with Crippen molar-refractivity contribution in [1.29, 1.82) is 0 Å². The Balaban J connectivity index is 2.60. The van der Waals surface area contributed by atoms with Gasteiger partial charge in [0.25, 0.3) is 0 Å². The molecule has 1 saturated heterocycles. The van der Waals surface area contributed by atoms with E-state index >= 15 is 0 Å². The van der Waals surface area contributed by atoms with Crippen LogP contribution in [0.3, 0.4) is 0 Å². The second-order valence-corrected chi connectivity index (χ2v) is 13.6. The van der Waals surface area contributed by atoms with E-state index in [-0.39, 0.29) is 33.0 Å². The molecular formula is C5H6I3NO2-2. The van der Waals surface area contributed by atoms with Crippen LogP contribution in [0.15, 0.2) is 0 Å². The van der Waals surface area contributed by atoms with E-state index in [0.29, 0.717) is 0 Å². The maximum atomic E-state index is 11.3. The normalized spacial score (nSPS) is 26.0. The third-order valence-electron chi connectivity index (χ3n) is 1.16. The van der Waals surface area contributed by atoms with Gasteiger partial charge in [-0.3, -0.25) is 0 Å². The molecule has 1 aliphatic rings. The SMILES string of the molecule is CN1C(=O)[I-]C([I-]CI)C1=O. The molecule has 0 aromatic heterocycles. The van der Waals surface area contributed by atoms with Crippen LogP contribution in [0.4, 0.5) is 4.79 Å². The summed E-state index contributed by atoms with van der Waals surface area (Å²) in [4.78, 5) is 23.6. The topological polar surface area (TPSA) is 37.4 Å². The number of hydrogen-bond donors (Lipinski definition) is 0. The number of halogens is 3. The van der Waals surface area contributed by atoms with Gasteiger partial charge >= 0.3 is 101 Å². The molecule has 0 N–H and O–H groups in total. The number of hydrogen-bond acceptors (Lipinski definition) is 2. The number of nitrogens with zero attached hydrogens (tertiary/aromatic N) is 1. The van der Waals surface area contributed by atoms with Crippen molar-refractivity contribution in [2.75, 3.05) is 9.48 Å². The number of imide groups is 1. The van der Waals surface area contributed by atoms with Crippen LogP contribution in [0.1, 0.15) is 0 Å². The van der Waals surface area contributed by atoms with Gasteiger partial charge in [-0.2, -0.15) is 0 Å². The van der Waals surface area contributed by atoms with Crippen molar-refractivity contribution in [2.45, 2.75) is 1.93 Å². The van der Waals surface area contributed by atoms with Gasteiger partial charge in [-0.1, -0.05) is 0 Å². The van der Waals surface area contributed by atoms with Crippen molar-refractivity contribution in [3.05, 3.63) is 0 Å². The van der Waals surface area contributed by atoms with Crippen molar-refractivity contribution in [1.82, 2.24) is 4.90 Å². The van der Waals surface area contributed by atoms with Crippen molar-refractivity contribution in [3.8, 4) is 0 Å². The first-order valence-corrected chi connectivity index (χ1v) is 9.37. The van der Waals surface area contributed by atoms with Crippen LogP contribution in [0, 0.1) is 0 Å². The predicted octanol–water partition coefficient (Wildman–Crippen LogP) is -5.52. The van der Waals surface area contributed by atoms with Gasteiger partial charge < -0.3 is 0 Å². The van der Waals surface area contributed by atoms with Gasteiger partial charge in [-0.15, -0.1) is 0 Å². The summed E-state index contributed by atoms with van der Waals surface area (Å²) in [5.41, 5.74) is 0. The zero-order valence-electron chi connectivity index (χ0n) is 5.68. The molecule has 11 heavy (non-hydrogen) atoms. The molecule has 1 aliphatic heterocycles. The molecule has 0 bridgehead atoms. The standard InChI is InChI=1S/C5H6I3NO2/c1-9-4(10)3(7-2-6)8-5(9)11/h3H,2H2,1H3/q-2. The molecule has 0 aliphatic carbocycles. The first-order chi connectivity index (χ1) is 5.16. The Labute approximate surface area is 99.3 Å². The number of amides is 2. The summed E-state index contributed by atoms with van der Waals surface area (Å²) in [6.45, 7) is 0. The molecule has 0 spiro atoms. The monoisotopic (exact) mass is 493 g/mol. The maximum absolute atomic E-state index is 11.3. The second kappa shape index (κ2) is 4.53. The molecular weight excluding hydrogens is 487 g/mol. The third-order valence-corrected chi connectivity index (χ3v) is 11.2. The van der Waals surface area contributed by atoms with Gasteiger partial charge in [0.15, 0.2) is 0 Å². The summed E-state index contributed by atoms with van der Waals surface area (Å²) >= 11 is 1.75. The van der Waals surface area contributed by atoms with Crippen LogP contribution in [0.2, 0.25) is 0 Å². The molecule has 6 heteroatoms. The van der Waals surface area contributed by atoms with Crippen LogP contribution in [-0.2, 0) is 4.79 Å². The molecule has 1 heterocycles. The third kappa shape index (κ3) is 2.39. The first kappa shape index (κ1) is 10.4. The Morgan fingerprint density at radius 2 is 2.36 bits per heavy atom. The van der Waals surface area contributed by atoms with E-state index < -0.39 is 21.2 Å². The van der Waals surface area contributed by atoms with Gasteiger partial charge in [0.05, 0.1) is 0 Å². The molecule has 1 unspecified atom stereocenters. The Kier molecular flexibility index (Phi) is 4.29. The van der Waals surface area contributed by atoms with Gasteiger partial charge in [0.1, 0.15) is 0 Å².